The summed E-state index contributed by atoms with van der Waals surface area (Å²) < 4.78 is 0. The molecular weight excluding hydrogens is 302 g/mol. The van der Waals surface area contributed by atoms with Crippen LogP contribution in [0, 0.1) is 6.92 Å². The highest BCUT2D eigenvalue weighted by Crippen LogP contribution is 2.47. The van der Waals surface area contributed by atoms with Crippen molar-refractivity contribution in [2.45, 2.75) is 76.9 Å². The Labute approximate surface area is 144 Å². The van der Waals surface area contributed by atoms with E-state index in [0.29, 0.717) is 0 Å². The quantitative estimate of drug-likeness (QED) is 0.474. The number of aliphatic hydroxyl groups is 2. The molecule has 1 aromatic carbocycles. The Bertz CT molecular complexity index is 661. The Morgan fingerprint density at radius 1 is 1.12 bits per heavy atom. The molecule has 2 N–H and O–H groups in total. The zero-order valence-corrected chi connectivity index (χ0v) is 15.4. The maximum Gasteiger partial charge on any atom is 0.105 e. The summed E-state index contributed by atoms with van der Waals surface area (Å²) >= 11 is 0. The van der Waals surface area contributed by atoms with E-state index in [1.807, 2.05) is 6.92 Å². The standard InChI is InChI=1S/C19H29N3O2/c1-12-10-14-15(19(4,5)8-7-18(14,2)3)11-13(12)17(24)16(23)6-9-21-22-20/h10-11,16-17,23-24H,6-9H2,1-5H3. The van der Waals surface area contributed by atoms with Crippen LogP contribution < -0.4 is 0 Å². The SMILES string of the molecule is Cc1cc2c(cc1C(O)C(O)CCN=[N+]=[N-])C(C)(C)CCC2(C)C. The van der Waals surface area contributed by atoms with Crippen molar-refractivity contribution >= 4 is 0 Å². The van der Waals surface area contributed by atoms with Crippen LogP contribution in [0.2, 0.25) is 0 Å². The normalized spacial score (nSPS) is 20.6. The van der Waals surface area contributed by atoms with E-state index >= 15 is 0 Å². The molecular formula is C19H29N3O2. The smallest absolute Gasteiger partial charge is 0.105 e. The Balaban J connectivity index is 2.41. The third-order valence-corrected chi connectivity index (χ3v) is 5.51. The molecule has 0 aromatic heterocycles. The van der Waals surface area contributed by atoms with E-state index in [4.69, 9.17) is 5.53 Å². The van der Waals surface area contributed by atoms with E-state index in [-0.39, 0.29) is 23.8 Å². The van der Waals surface area contributed by atoms with Gasteiger partial charge in [-0.3, -0.25) is 0 Å². The largest absolute Gasteiger partial charge is 0.390 e. The molecule has 0 saturated heterocycles. The van der Waals surface area contributed by atoms with E-state index in [2.05, 4.69) is 49.9 Å². The molecule has 0 aliphatic heterocycles. The molecule has 5 nitrogen and oxygen atoms in total. The minimum atomic E-state index is -0.968. The molecule has 0 saturated carbocycles. The molecule has 0 radical (unpaired) electrons. The van der Waals surface area contributed by atoms with Crippen LogP contribution in [0.4, 0.5) is 0 Å². The topological polar surface area (TPSA) is 89.2 Å². The van der Waals surface area contributed by atoms with Crippen LogP contribution in [-0.4, -0.2) is 22.9 Å². The summed E-state index contributed by atoms with van der Waals surface area (Å²) in [7, 11) is 0. The molecule has 0 amide bonds. The van der Waals surface area contributed by atoms with Gasteiger partial charge in [0.1, 0.15) is 6.10 Å². The number of hydrogen-bond donors (Lipinski definition) is 2. The second kappa shape index (κ2) is 6.75. The molecule has 0 heterocycles. The van der Waals surface area contributed by atoms with E-state index in [1.165, 1.54) is 11.1 Å². The van der Waals surface area contributed by atoms with Crippen LogP contribution >= 0.6 is 0 Å². The maximum absolute atomic E-state index is 10.6. The minimum Gasteiger partial charge on any atom is -0.390 e. The van der Waals surface area contributed by atoms with Crippen LogP contribution in [0.25, 0.3) is 10.4 Å². The van der Waals surface area contributed by atoms with Crippen LogP contribution in [-0.2, 0) is 10.8 Å². The zero-order valence-electron chi connectivity index (χ0n) is 15.4. The van der Waals surface area contributed by atoms with Gasteiger partial charge >= 0.3 is 0 Å². The summed E-state index contributed by atoms with van der Waals surface area (Å²) in [5.74, 6) is 0. The van der Waals surface area contributed by atoms with Crippen molar-refractivity contribution in [3.05, 3.63) is 44.8 Å². The van der Waals surface area contributed by atoms with Gasteiger partial charge < -0.3 is 10.2 Å². The van der Waals surface area contributed by atoms with Crippen molar-refractivity contribution in [2.75, 3.05) is 6.54 Å². The highest BCUT2D eigenvalue weighted by atomic mass is 16.3. The summed E-state index contributed by atoms with van der Waals surface area (Å²) in [6, 6.07) is 4.25. The van der Waals surface area contributed by atoms with Gasteiger partial charge in [0, 0.05) is 11.5 Å². The third kappa shape index (κ3) is 3.59. The average Bonchev–Trinajstić information content (AvgIpc) is 2.51. The van der Waals surface area contributed by atoms with Crippen LogP contribution in [0.5, 0.6) is 0 Å². The van der Waals surface area contributed by atoms with Gasteiger partial charge in [-0.25, -0.2) is 0 Å². The molecule has 2 atom stereocenters. The Morgan fingerprint density at radius 3 is 2.21 bits per heavy atom. The molecule has 0 fully saturated rings. The van der Waals surface area contributed by atoms with Crippen molar-refractivity contribution < 1.29 is 10.2 Å². The third-order valence-electron chi connectivity index (χ3n) is 5.51. The summed E-state index contributed by atoms with van der Waals surface area (Å²) in [5.41, 5.74) is 12.9. The molecule has 5 heteroatoms. The lowest BCUT2D eigenvalue weighted by molar-refractivity contribution is 0.0145. The number of azide groups is 1. The van der Waals surface area contributed by atoms with Gasteiger partial charge in [-0.05, 0) is 64.8 Å². The van der Waals surface area contributed by atoms with Gasteiger partial charge in [-0.1, -0.05) is 44.9 Å². The van der Waals surface area contributed by atoms with Crippen molar-refractivity contribution in [2.24, 2.45) is 5.11 Å². The first kappa shape index (κ1) is 18.8. The second-order valence-corrected chi connectivity index (χ2v) is 8.28. The van der Waals surface area contributed by atoms with E-state index in [9.17, 15) is 10.2 Å². The summed E-state index contributed by atoms with van der Waals surface area (Å²) in [4.78, 5) is 2.68. The molecule has 2 unspecified atom stereocenters. The minimum absolute atomic E-state index is 0.0586. The molecule has 1 aromatic rings. The molecule has 24 heavy (non-hydrogen) atoms. The van der Waals surface area contributed by atoms with E-state index in [0.717, 1.165) is 24.0 Å². The highest BCUT2D eigenvalue weighted by molar-refractivity contribution is 5.47. The predicted molar refractivity (Wildman–Crippen MR) is 96.1 cm³/mol. The van der Waals surface area contributed by atoms with Gasteiger partial charge in [-0.15, -0.1) is 0 Å². The van der Waals surface area contributed by atoms with Crippen molar-refractivity contribution in [1.29, 1.82) is 0 Å². The summed E-state index contributed by atoms with van der Waals surface area (Å²) in [5, 5.41) is 24.2. The maximum atomic E-state index is 10.6. The van der Waals surface area contributed by atoms with Gasteiger partial charge in [0.2, 0.25) is 0 Å². The fourth-order valence-corrected chi connectivity index (χ4v) is 3.66. The van der Waals surface area contributed by atoms with Crippen molar-refractivity contribution in [1.82, 2.24) is 0 Å². The Kier molecular flexibility index (Phi) is 5.28. The lowest BCUT2D eigenvalue weighted by Gasteiger charge is -2.42. The summed E-state index contributed by atoms with van der Waals surface area (Å²) in [6.45, 7) is 11.2. The average molecular weight is 331 g/mol. The number of nitrogens with zero attached hydrogens (tertiary/aromatic N) is 3. The molecule has 0 spiro atoms. The highest BCUT2D eigenvalue weighted by Gasteiger charge is 2.38. The van der Waals surface area contributed by atoms with Gasteiger partial charge in [0.25, 0.3) is 0 Å². The molecule has 2 rings (SSSR count). The molecule has 1 aliphatic carbocycles. The fourth-order valence-electron chi connectivity index (χ4n) is 3.66. The Hall–Kier alpha value is -1.55. The Morgan fingerprint density at radius 2 is 1.67 bits per heavy atom. The number of hydrogen-bond acceptors (Lipinski definition) is 3. The first-order chi connectivity index (χ1) is 11.1. The predicted octanol–water partition coefficient (Wildman–Crippen LogP) is 4.44. The fraction of sp³-hybridized carbons (Fsp3) is 0.684. The van der Waals surface area contributed by atoms with Crippen LogP contribution in [0.3, 0.4) is 0 Å². The zero-order chi connectivity index (χ0) is 18.1. The lowest BCUT2D eigenvalue weighted by atomic mass is 9.62. The summed E-state index contributed by atoms with van der Waals surface area (Å²) in [6.07, 6.45) is 0.585. The first-order valence-corrected chi connectivity index (χ1v) is 8.62. The van der Waals surface area contributed by atoms with Crippen molar-refractivity contribution in [3.8, 4) is 0 Å². The second-order valence-electron chi connectivity index (χ2n) is 8.28. The van der Waals surface area contributed by atoms with E-state index in [1.54, 1.807) is 0 Å². The number of aryl methyl sites for hydroxylation is 1. The van der Waals surface area contributed by atoms with Gasteiger partial charge in [0.15, 0.2) is 0 Å². The number of rotatable bonds is 5. The van der Waals surface area contributed by atoms with Crippen LogP contribution in [0.15, 0.2) is 17.2 Å². The van der Waals surface area contributed by atoms with Gasteiger partial charge in [-0.2, -0.15) is 0 Å². The molecule has 1 aliphatic rings. The number of benzene rings is 1. The molecule has 132 valence electrons. The monoisotopic (exact) mass is 331 g/mol. The lowest BCUT2D eigenvalue weighted by Crippen LogP contribution is -2.34. The van der Waals surface area contributed by atoms with E-state index < -0.39 is 12.2 Å². The number of aliphatic hydroxyl groups excluding tert-OH is 2. The van der Waals surface area contributed by atoms with Crippen LogP contribution in [0.1, 0.15) is 75.3 Å². The number of fused-ring (bicyclic) bond motifs is 1. The van der Waals surface area contributed by atoms with Crippen molar-refractivity contribution in [3.63, 3.8) is 0 Å². The molecule has 0 bridgehead atoms. The first-order valence-electron chi connectivity index (χ1n) is 8.62. The van der Waals surface area contributed by atoms with Gasteiger partial charge in [0.05, 0.1) is 6.10 Å².